The molecule has 2 aliphatic rings. The molecule has 3 heteroatoms. The van der Waals surface area contributed by atoms with Gasteiger partial charge in [-0.15, -0.1) is 0 Å². The Morgan fingerprint density at radius 1 is 1.31 bits per heavy atom. The molecule has 2 fully saturated rings. The monoisotopic (exact) mass is 226 g/mol. The van der Waals surface area contributed by atoms with E-state index < -0.39 is 0 Å². The molecule has 16 heavy (non-hydrogen) atoms. The lowest BCUT2D eigenvalue weighted by Crippen LogP contribution is -2.46. The van der Waals surface area contributed by atoms with Crippen molar-refractivity contribution in [3.05, 3.63) is 0 Å². The van der Waals surface area contributed by atoms with E-state index in [2.05, 4.69) is 24.1 Å². The van der Waals surface area contributed by atoms with Gasteiger partial charge in [0.25, 0.3) is 0 Å². The Balaban J connectivity index is 1.66. The van der Waals surface area contributed by atoms with Crippen molar-refractivity contribution in [3.63, 3.8) is 0 Å². The Kier molecular flexibility index (Phi) is 3.88. The highest BCUT2D eigenvalue weighted by molar-refractivity contribution is 4.95. The Hall–Kier alpha value is -0.120. The van der Waals surface area contributed by atoms with Crippen molar-refractivity contribution in [2.75, 3.05) is 26.2 Å². The lowest BCUT2D eigenvalue weighted by atomic mass is 10.0. The molecule has 0 bridgehead atoms. The zero-order valence-corrected chi connectivity index (χ0v) is 10.7. The van der Waals surface area contributed by atoms with Crippen LogP contribution in [-0.4, -0.2) is 48.3 Å². The van der Waals surface area contributed by atoms with Crippen LogP contribution in [-0.2, 0) is 0 Å². The van der Waals surface area contributed by atoms with Crippen molar-refractivity contribution >= 4 is 0 Å². The molecule has 1 saturated carbocycles. The van der Waals surface area contributed by atoms with E-state index in [1.54, 1.807) is 0 Å². The van der Waals surface area contributed by atoms with Gasteiger partial charge in [0.15, 0.2) is 0 Å². The van der Waals surface area contributed by atoms with Gasteiger partial charge in [-0.05, 0) is 52.6 Å². The van der Waals surface area contributed by atoms with Crippen molar-refractivity contribution in [1.82, 2.24) is 10.2 Å². The van der Waals surface area contributed by atoms with Gasteiger partial charge in [-0.3, -0.25) is 0 Å². The molecule has 2 N–H and O–H groups in total. The zero-order chi connectivity index (χ0) is 11.6. The summed E-state index contributed by atoms with van der Waals surface area (Å²) in [6, 6.07) is 1.37. The number of likely N-dealkylation sites (tertiary alicyclic amines) is 1. The van der Waals surface area contributed by atoms with Crippen LogP contribution in [0.4, 0.5) is 0 Å². The van der Waals surface area contributed by atoms with Crippen LogP contribution in [0.5, 0.6) is 0 Å². The summed E-state index contributed by atoms with van der Waals surface area (Å²) in [5, 5.41) is 12.9. The molecular formula is C13H26N2O. The van der Waals surface area contributed by atoms with Crippen molar-refractivity contribution in [2.45, 2.75) is 51.6 Å². The fourth-order valence-corrected chi connectivity index (χ4v) is 2.55. The first kappa shape index (κ1) is 12.3. The maximum Gasteiger partial charge on any atom is 0.0499 e. The number of aliphatic hydroxyl groups excluding tert-OH is 1. The van der Waals surface area contributed by atoms with Crippen molar-refractivity contribution in [3.8, 4) is 0 Å². The lowest BCUT2D eigenvalue weighted by Gasteiger charge is -2.35. The third-order valence-corrected chi connectivity index (χ3v) is 4.32. The highest BCUT2D eigenvalue weighted by atomic mass is 16.3. The maximum absolute atomic E-state index is 9.25. The second-order valence-electron chi connectivity index (χ2n) is 5.94. The van der Waals surface area contributed by atoms with Gasteiger partial charge >= 0.3 is 0 Å². The molecule has 94 valence electrons. The summed E-state index contributed by atoms with van der Waals surface area (Å²) in [5.74, 6) is 0. The number of aliphatic hydroxyl groups is 1. The molecule has 0 radical (unpaired) electrons. The van der Waals surface area contributed by atoms with E-state index >= 15 is 0 Å². The molecule has 1 aliphatic carbocycles. The Morgan fingerprint density at radius 3 is 2.38 bits per heavy atom. The van der Waals surface area contributed by atoms with Crippen molar-refractivity contribution in [2.24, 2.45) is 5.41 Å². The van der Waals surface area contributed by atoms with Gasteiger partial charge in [-0.2, -0.15) is 0 Å². The topological polar surface area (TPSA) is 35.5 Å². The van der Waals surface area contributed by atoms with Gasteiger partial charge in [-0.1, -0.05) is 0 Å². The molecule has 2 rings (SSSR count). The minimum absolute atomic E-state index is 0.259. The first-order valence-corrected chi connectivity index (χ1v) is 6.73. The fraction of sp³-hybridized carbons (Fsp3) is 1.00. The summed E-state index contributed by atoms with van der Waals surface area (Å²) < 4.78 is 0. The smallest absolute Gasteiger partial charge is 0.0499 e. The Morgan fingerprint density at radius 2 is 1.94 bits per heavy atom. The minimum atomic E-state index is 0.259. The molecule has 0 atom stereocenters. The van der Waals surface area contributed by atoms with Crippen LogP contribution in [0.1, 0.15) is 39.5 Å². The van der Waals surface area contributed by atoms with Gasteiger partial charge in [-0.25, -0.2) is 0 Å². The number of nitrogens with one attached hydrogen (secondary N) is 1. The van der Waals surface area contributed by atoms with Crippen LogP contribution in [0.3, 0.4) is 0 Å². The molecule has 0 amide bonds. The van der Waals surface area contributed by atoms with Crippen LogP contribution in [0, 0.1) is 5.41 Å². The fourth-order valence-electron chi connectivity index (χ4n) is 2.55. The van der Waals surface area contributed by atoms with Gasteiger partial charge in [0, 0.05) is 30.7 Å². The van der Waals surface area contributed by atoms with E-state index in [0.717, 1.165) is 6.54 Å². The van der Waals surface area contributed by atoms with Gasteiger partial charge < -0.3 is 15.3 Å². The predicted molar refractivity (Wildman–Crippen MR) is 66.5 cm³/mol. The summed E-state index contributed by atoms with van der Waals surface area (Å²) in [6.45, 7) is 8.39. The molecule has 1 heterocycles. The normalized spacial score (nSPS) is 26.2. The number of hydrogen-bond acceptors (Lipinski definition) is 3. The van der Waals surface area contributed by atoms with E-state index in [1.165, 1.54) is 38.8 Å². The second-order valence-corrected chi connectivity index (χ2v) is 5.94. The van der Waals surface area contributed by atoms with Crippen LogP contribution < -0.4 is 5.32 Å². The van der Waals surface area contributed by atoms with E-state index in [4.69, 9.17) is 0 Å². The molecular weight excluding hydrogens is 200 g/mol. The molecule has 1 aliphatic heterocycles. The zero-order valence-electron chi connectivity index (χ0n) is 10.7. The van der Waals surface area contributed by atoms with Crippen LogP contribution >= 0.6 is 0 Å². The Labute approximate surface area is 99.2 Å². The number of nitrogens with zero attached hydrogens (tertiary/aromatic N) is 1. The molecule has 0 unspecified atom stereocenters. The molecule has 0 aromatic rings. The third kappa shape index (κ3) is 2.96. The average molecular weight is 226 g/mol. The average Bonchev–Trinajstić information content (AvgIpc) is 3.08. The number of rotatable bonds is 5. The Bertz CT molecular complexity index is 218. The van der Waals surface area contributed by atoms with Gasteiger partial charge in [0.2, 0.25) is 0 Å². The third-order valence-electron chi connectivity index (χ3n) is 4.32. The minimum Gasteiger partial charge on any atom is -0.396 e. The molecule has 0 aromatic heterocycles. The van der Waals surface area contributed by atoms with Crippen LogP contribution in [0.2, 0.25) is 0 Å². The van der Waals surface area contributed by atoms with E-state index in [1.807, 2.05) is 0 Å². The summed E-state index contributed by atoms with van der Waals surface area (Å²) >= 11 is 0. The van der Waals surface area contributed by atoms with Crippen LogP contribution in [0.15, 0.2) is 0 Å². The molecule has 1 saturated heterocycles. The summed E-state index contributed by atoms with van der Waals surface area (Å²) in [4.78, 5) is 2.55. The maximum atomic E-state index is 9.25. The van der Waals surface area contributed by atoms with E-state index in [0.29, 0.717) is 18.7 Å². The second kappa shape index (κ2) is 5.03. The standard InChI is InChI=1S/C13H26N2O/c1-11(2)15-7-3-12(4-8-15)14-9-13(10-16)5-6-13/h11-12,14,16H,3-10H2,1-2H3. The van der Waals surface area contributed by atoms with Crippen LogP contribution in [0.25, 0.3) is 0 Å². The number of hydrogen-bond donors (Lipinski definition) is 2. The van der Waals surface area contributed by atoms with E-state index in [-0.39, 0.29) is 5.41 Å². The van der Waals surface area contributed by atoms with E-state index in [9.17, 15) is 5.11 Å². The molecule has 3 nitrogen and oxygen atoms in total. The van der Waals surface area contributed by atoms with Crippen molar-refractivity contribution < 1.29 is 5.11 Å². The van der Waals surface area contributed by atoms with Gasteiger partial charge in [0.05, 0.1) is 0 Å². The predicted octanol–water partition coefficient (Wildman–Crippen LogP) is 1.22. The largest absolute Gasteiger partial charge is 0.396 e. The van der Waals surface area contributed by atoms with Gasteiger partial charge in [0.1, 0.15) is 0 Å². The lowest BCUT2D eigenvalue weighted by molar-refractivity contribution is 0.151. The van der Waals surface area contributed by atoms with Crippen molar-refractivity contribution in [1.29, 1.82) is 0 Å². The quantitative estimate of drug-likeness (QED) is 0.740. The number of piperidine rings is 1. The molecule has 0 spiro atoms. The SMILES string of the molecule is CC(C)N1CCC(NCC2(CO)CC2)CC1. The summed E-state index contributed by atoms with van der Waals surface area (Å²) in [7, 11) is 0. The highest BCUT2D eigenvalue weighted by Crippen LogP contribution is 2.44. The highest BCUT2D eigenvalue weighted by Gasteiger charge is 2.42. The summed E-state index contributed by atoms with van der Waals surface area (Å²) in [6.07, 6.45) is 4.95. The first-order valence-electron chi connectivity index (χ1n) is 6.73. The summed E-state index contributed by atoms with van der Waals surface area (Å²) in [5.41, 5.74) is 0.259. The first-order chi connectivity index (χ1) is 7.65. The molecule has 0 aromatic carbocycles.